The van der Waals surface area contributed by atoms with Crippen molar-refractivity contribution in [2.45, 2.75) is 18.9 Å². The maximum Gasteiger partial charge on any atom is 0.221 e. The fourth-order valence-electron chi connectivity index (χ4n) is 1.96. The number of likely N-dealkylation sites (tertiary alicyclic amines) is 1. The van der Waals surface area contributed by atoms with Crippen LogP contribution in [0, 0.1) is 0 Å². The average molecular weight is 286 g/mol. The minimum Gasteiger partial charge on any atom is -0.368 e. The van der Waals surface area contributed by atoms with Crippen LogP contribution in [0.5, 0.6) is 0 Å². The average Bonchev–Trinajstić information content (AvgIpc) is 2.24. The molecule has 88 valence electrons. The molecule has 1 atom stereocenters. The van der Waals surface area contributed by atoms with Gasteiger partial charge in [-0.25, -0.2) is 4.98 Å². The third-order valence-corrected chi connectivity index (χ3v) is 3.31. The van der Waals surface area contributed by atoms with Gasteiger partial charge in [0.25, 0.3) is 0 Å². The summed E-state index contributed by atoms with van der Waals surface area (Å²) in [5, 5.41) is 3.40. The van der Waals surface area contributed by atoms with Crippen LogP contribution in [0.3, 0.4) is 0 Å². The number of anilines is 2. The summed E-state index contributed by atoms with van der Waals surface area (Å²) in [6.07, 6.45) is 4.06. The van der Waals surface area contributed by atoms with Crippen LogP contribution in [0.2, 0.25) is 0 Å². The molecule has 1 aromatic rings. The Bertz CT molecular complexity index is 370. The fourth-order valence-corrected chi connectivity index (χ4v) is 2.27. The summed E-state index contributed by atoms with van der Waals surface area (Å²) in [6, 6.07) is 0.435. The van der Waals surface area contributed by atoms with E-state index in [0.717, 1.165) is 16.8 Å². The van der Waals surface area contributed by atoms with Crippen molar-refractivity contribution in [2.24, 2.45) is 0 Å². The molecular formula is C10H16BrN5. The third-order valence-electron chi connectivity index (χ3n) is 2.73. The van der Waals surface area contributed by atoms with Gasteiger partial charge in [-0.15, -0.1) is 0 Å². The van der Waals surface area contributed by atoms with Crippen molar-refractivity contribution >= 4 is 27.7 Å². The first kappa shape index (κ1) is 11.6. The Balaban J connectivity index is 2.05. The predicted molar refractivity (Wildman–Crippen MR) is 68.3 cm³/mol. The molecule has 0 spiro atoms. The lowest BCUT2D eigenvalue weighted by molar-refractivity contribution is 0.260. The van der Waals surface area contributed by atoms with E-state index >= 15 is 0 Å². The molecule has 5 nitrogen and oxygen atoms in total. The van der Waals surface area contributed by atoms with Crippen LogP contribution < -0.4 is 11.1 Å². The summed E-state index contributed by atoms with van der Waals surface area (Å²) in [4.78, 5) is 10.4. The van der Waals surface area contributed by atoms with Crippen LogP contribution in [0.4, 0.5) is 11.8 Å². The topological polar surface area (TPSA) is 67.1 Å². The molecule has 1 fully saturated rings. The third kappa shape index (κ3) is 2.82. The number of nitrogen functional groups attached to an aromatic ring is 1. The maximum absolute atomic E-state index is 5.57. The molecule has 2 heterocycles. The van der Waals surface area contributed by atoms with Crippen LogP contribution in [0.1, 0.15) is 12.8 Å². The van der Waals surface area contributed by atoms with E-state index in [0.29, 0.717) is 12.0 Å². The van der Waals surface area contributed by atoms with E-state index in [1.165, 1.54) is 19.4 Å². The van der Waals surface area contributed by atoms with Crippen LogP contribution in [-0.2, 0) is 0 Å². The zero-order chi connectivity index (χ0) is 11.5. The van der Waals surface area contributed by atoms with Crippen LogP contribution in [0.15, 0.2) is 10.7 Å². The van der Waals surface area contributed by atoms with Gasteiger partial charge in [0, 0.05) is 18.8 Å². The number of likely N-dealkylation sites (N-methyl/N-ethyl adjacent to an activating group) is 1. The number of rotatable bonds is 2. The summed E-state index contributed by atoms with van der Waals surface area (Å²) in [7, 11) is 2.14. The fraction of sp³-hybridized carbons (Fsp3) is 0.600. The second kappa shape index (κ2) is 4.97. The van der Waals surface area contributed by atoms with Gasteiger partial charge in [0.1, 0.15) is 5.82 Å². The molecule has 1 aliphatic rings. The van der Waals surface area contributed by atoms with Crippen molar-refractivity contribution < 1.29 is 0 Å². The standard InChI is InChI=1S/C10H16BrN5/c1-16-4-2-3-7(6-16)14-9-8(11)5-13-10(12)15-9/h5,7H,2-4,6H2,1H3,(H3,12,13,14,15). The van der Waals surface area contributed by atoms with Gasteiger partial charge in [-0.3, -0.25) is 0 Å². The number of nitrogens with one attached hydrogen (secondary N) is 1. The molecule has 6 heteroatoms. The Hall–Kier alpha value is -0.880. The predicted octanol–water partition coefficient (Wildman–Crippen LogP) is 1.33. The minimum absolute atomic E-state index is 0.301. The van der Waals surface area contributed by atoms with Crippen molar-refractivity contribution in [1.29, 1.82) is 0 Å². The van der Waals surface area contributed by atoms with E-state index in [2.05, 4.69) is 43.2 Å². The summed E-state index contributed by atoms with van der Waals surface area (Å²) in [5.41, 5.74) is 5.57. The van der Waals surface area contributed by atoms with Crippen molar-refractivity contribution in [2.75, 3.05) is 31.2 Å². The van der Waals surface area contributed by atoms with Gasteiger partial charge < -0.3 is 16.0 Å². The van der Waals surface area contributed by atoms with Crippen LogP contribution >= 0.6 is 15.9 Å². The molecule has 0 radical (unpaired) electrons. The van der Waals surface area contributed by atoms with Gasteiger partial charge in [-0.1, -0.05) is 0 Å². The van der Waals surface area contributed by atoms with E-state index in [1.54, 1.807) is 6.20 Å². The van der Waals surface area contributed by atoms with Crippen LogP contribution in [-0.4, -0.2) is 41.0 Å². The van der Waals surface area contributed by atoms with Crippen molar-refractivity contribution in [3.8, 4) is 0 Å². The second-order valence-electron chi connectivity index (χ2n) is 4.17. The largest absolute Gasteiger partial charge is 0.368 e. The van der Waals surface area contributed by atoms with Gasteiger partial charge in [0.2, 0.25) is 5.95 Å². The first-order valence-electron chi connectivity index (χ1n) is 5.38. The lowest BCUT2D eigenvalue weighted by Crippen LogP contribution is -2.40. The number of hydrogen-bond donors (Lipinski definition) is 2. The molecule has 3 N–H and O–H groups in total. The highest BCUT2D eigenvalue weighted by atomic mass is 79.9. The molecule has 16 heavy (non-hydrogen) atoms. The summed E-state index contributed by atoms with van der Waals surface area (Å²) in [5.74, 6) is 1.09. The SMILES string of the molecule is CN1CCCC(Nc2nc(N)ncc2Br)C1. The quantitative estimate of drug-likeness (QED) is 0.858. The molecule has 1 aliphatic heterocycles. The molecule has 2 rings (SSSR count). The smallest absolute Gasteiger partial charge is 0.221 e. The van der Waals surface area contributed by atoms with Gasteiger partial charge in [0.05, 0.1) is 4.47 Å². The first-order valence-corrected chi connectivity index (χ1v) is 6.17. The Morgan fingerprint density at radius 3 is 3.19 bits per heavy atom. The second-order valence-corrected chi connectivity index (χ2v) is 5.02. The maximum atomic E-state index is 5.57. The van der Waals surface area contributed by atoms with Gasteiger partial charge in [0.15, 0.2) is 0 Å². The van der Waals surface area contributed by atoms with Crippen molar-refractivity contribution in [3.05, 3.63) is 10.7 Å². The number of nitrogens with two attached hydrogens (primary N) is 1. The molecule has 0 amide bonds. The number of halogens is 1. The van der Waals surface area contributed by atoms with Crippen LogP contribution in [0.25, 0.3) is 0 Å². The molecule has 1 unspecified atom stereocenters. The first-order chi connectivity index (χ1) is 7.65. The van der Waals surface area contributed by atoms with E-state index in [9.17, 15) is 0 Å². The van der Waals surface area contributed by atoms with Crippen molar-refractivity contribution in [1.82, 2.24) is 14.9 Å². The van der Waals surface area contributed by atoms with E-state index in [4.69, 9.17) is 5.73 Å². The molecule has 0 bridgehead atoms. The monoisotopic (exact) mass is 285 g/mol. The summed E-state index contributed by atoms with van der Waals surface area (Å²) >= 11 is 3.42. The van der Waals surface area contributed by atoms with Gasteiger partial charge in [-0.2, -0.15) is 4.98 Å². The highest BCUT2D eigenvalue weighted by Crippen LogP contribution is 2.22. The van der Waals surface area contributed by atoms with Crippen molar-refractivity contribution in [3.63, 3.8) is 0 Å². The Labute approximate surface area is 104 Å². The minimum atomic E-state index is 0.301. The highest BCUT2D eigenvalue weighted by molar-refractivity contribution is 9.10. The molecule has 1 aromatic heterocycles. The summed E-state index contributed by atoms with van der Waals surface area (Å²) < 4.78 is 0.856. The van der Waals surface area contributed by atoms with E-state index in [-0.39, 0.29) is 0 Å². The normalized spacial score (nSPS) is 22.0. The summed E-state index contributed by atoms with van der Waals surface area (Å²) in [6.45, 7) is 2.21. The molecule has 0 saturated carbocycles. The zero-order valence-corrected chi connectivity index (χ0v) is 10.9. The van der Waals surface area contributed by atoms with E-state index in [1.807, 2.05) is 0 Å². The van der Waals surface area contributed by atoms with E-state index < -0.39 is 0 Å². The highest BCUT2D eigenvalue weighted by Gasteiger charge is 2.18. The molecule has 0 aliphatic carbocycles. The lowest BCUT2D eigenvalue weighted by atomic mass is 10.1. The lowest BCUT2D eigenvalue weighted by Gasteiger charge is -2.30. The number of nitrogens with zero attached hydrogens (tertiary/aromatic N) is 3. The molecular weight excluding hydrogens is 270 g/mol. The number of aromatic nitrogens is 2. The van der Waals surface area contributed by atoms with Gasteiger partial charge in [-0.05, 0) is 42.4 Å². The zero-order valence-electron chi connectivity index (χ0n) is 9.28. The molecule has 1 saturated heterocycles. The van der Waals surface area contributed by atoms with Gasteiger partial charge >= 0.3 is 0 Å². The molecule has 0 aromatic carbocycles. The Kier molecular flexibility index (Phi) is 3.60. The number of hydrogen-bond acceptors (Lipinski definition) is 5. The Morgan fingerprint density at radius 1 is 1.62 bits per heavy atom. The Morgan fingerprint density at radius 2 is 2.44 bits per heavy atom. The number of piperidine rings is 1.